The second kappa shape index (κ2) is 7.99. The average molecular weight is 356 g/mol. The molecule has 1 unspecified atom stereocenters. The Kier molecular flexibility index (Phi) is 5.51. The Labute approximate surface area is 151 Å². The second-order valence-electron chi connectivity index (χ2n) is 6.29. The molecule has 0 aliphatic carbocycles. The van der Waals surface area contributed by atoms with Gasteiger partial charge in [-0.1, -0.05) is 24.3 Å². The summed E-state index contributed by atoms with van der Waals surface area (Å²) >= 11 is 0. The predicted octanol–water partition coefficient (Wildman–Crippen LogP) is 2.41. The molecule has 0 aromatic heterocycles. The Morgan fingerprint density at radius 3 is 2.65 bits per heavy atom. The number of methoxy groups -OCH3 is 1. The van der Waals surface area contributed by atoms with Crippen LogP contribution in [-0.4, -0.2) is 43.0 Å². The third-order valence-electron chi connectivity index (χ3n) is 4.50. The lowest BCUT2D eigenvalue weighted by atomic mass is 10.1. The largest absolute Gasteiger partial charge is 0.497 e. The summed E-state index contributed by atoms with van der Waals surface area (Å²) in [5.74, 6) is -0.261. The van der Waals surface area contributed by atoms with Crippen LogP contribution in [-0.2, 0) is 11.2 Å². The molecule has 1 heterocycles. The van der Waals surface area contributed by atoms with Gasteiger partial charge < -0.3 is 15.0 Å². The van der Waals surface area contributed by atoms with Gasteiger partial charge in [0.25, 0.3) is 5.91 Å². The van der Waals surface area contributed by atoms with Crippen molar-refractivity contribution >= 4 is 11.8 Å². The van der Waals surface area contributed by atoms with Crippen LogP contribution in [0.1, 0.15) is 22.3 Å². The van der Waals surface area contributed by atoms with E-state index in [2.05, 4.69) is 5.32 Å². The molecule has 2 amide bonds. The molecule has 0 bridgehead atoms. The van der Waals surface area contributed by atoms with Gasteiger partial charge in [0.2, 0.25) is 5.91 Å². The Morgan fingerprint density at radius 2 is 1.96 bits per heavy atom. The monoisotopic (exact) mass is 356 g/mol. The third-order valence-corrected chi connectivity index (χ3v) is 4.50. The van der Waals surface area contributed by atoms with Gasteiger partial charge >= 0.3 is 0 Å². The summed E-state index contributed by atoms with van der Waals surface area (Å²) in [6, 6.07) is 13.2. The van der Waals surface area contributed by atoms with Gasteiger partial charge in [0, 0.05) is 19.5 Å². The Balaban J connectivity index is 1.53. The van der Waals surface area contributed by atoms with Crippen LogP contribution in [0.2, 0.25) is 0 Å². The normalized spacial score (nSPS) is 16.6. The number of benzene rings is 2. The van der Waals surface area contributed by atoms with Crippen LogP contribution in [0.15, 0.2) is 48.5 Å². The highest BCUT2D eigenvalue weighted by Gasteiger charge is 2.30. The fourth-order valence-electron chi connectivity index (χ4n) is 3.05. The molecule has 2 aromatic carbocycles. The van der Waals surface area contributed by atoms with Crippen molar-refractivity contribution in [2.24, 2.45) is 0 Å². The lowest BCUT2D eigenvalue weighted by Gasteiger charge is -2.17. The standard InChI is InChI=1S/C20H21FN2O3/c1-26-16-8-6-14(7-9-16)10-11-23-13-15(12-19(23)24)22-20(25)17-4-2-3-5-18(17)21/h2-9,15H,10-13H2,1H3,(H,22,25). The van der Waals surface area contributed by atoms with Crippen LogP contribution in [0, 0.1) is 5.82 Å². The molecule has 2 aromatic rings. The average Bonchev–Trinajstić information content (AvgIpc) is 2.99. The van der Waals surface area contributed by atoms with Crippen molar-refractivity contribution in [3.05, 3.63) is 65.5 Å². The topological polar surface area (TPSA) is 58.6 Å². The SMILES string of the molecule is COc1ccc(CCN2CC(NC(=O)c3ccccc3F)CC2=O)cc1. The summed E-state index contributed by atoms with van der Waals surface area (Å²) in [7, 11) is 1.62. The van der Waals surface area contributed by atoms with Crippen molar-refractivity contribution in [2.45, 2.75) is 18.9 Å². The van der Waals surface area contributed by atoms with E-state index in [4.69, 9.17) is 4.74 Å². The number of ether oxygens (including phenoxy) is 1. The fraction of sp³-hybridized carbons (Fsp3) is 0.300. The molecule has 0 spiro atoms. The number of carbonyl (C=O) groups excluding carboxylic acids is 2. The van der Waals surface area contributed by atoms with E-state index in [1.165, 1.54) is 18.2 Å². The van der Waals surface area contributed by atoms with Gasteiger partial charge in [-0.2, -0.15) is 0 Å². The number of amides is 2. The molecule has 0 radical (unpaired) electrons. The zero-order chi connectivity index (χ0) is 18.5. The first-order valence-electron chi connectivity index (χ1n) is 8.53. The smallest absolute Gasteiger partial charge is 0.254 e. The van der Waals surface area contributed by atoms with Crippen molar-refractivity contribution in [3.8, 4) is 5.75 Å². The van der Waals surface area contributed by atoms with Gasteiger partial charge in [-0.15, -0.1) is 0 Å². The number of nitrogens with one attached hydrogen (secondary N) is 1. The zero-order valence-electron chi connectivity index (χ0n) is 14.6. The van der Waals surface area contributed by atoms with Crippen LogP contribution in [0.5, 0.6) is 5.75 Å². The molecule has 1 saturated heterocycles. The van der Waals surface area contributed by atoms with Crippen LogP contribution in [0.3, 0.4) is 0 Å². The highest BCUT2D eigenvalue weighted by atomic mass is 19.1. The summed E-state index contributed by atoms with van der Waals surface area (Å²) in [5, 5.41) is 2.75. The van der Waals surface area contributed by atoms with Gasteiger partial charge in [0.1, 0.15) is 11.6 Å². The molecule has 5 nitrogen and oxygen atoms in total. The molecule has 1 fully saturated rings. The van der Waals surface area contributed by atoms with Crippen molar-refractivity contribution in [1.29, 1.82) is 0 Å². The van der Waals surface area contributed by atoms with Crippen LogP contribution in [0.25, 0.3) is 0 Å². The first-order chi connectivity index (χ1) is 12.6. The highest BCUT2D eigenvalue weighted by Crippen LogP contribution is 2.16. The number of likely N-dealkylation sites (tertiary alicyclic amines) is 1. The summed E-state index contributed by atoms with van der Waals surface area (Å²) < 4.78 is 18.8. The lowest BCUT2D eigenvalue weighted by Crippen LogP contribution is -2.37. The third kappa shape index (κ3) is 4.20. The van der Waals surface area contributed by atoms with E-state index in [1.54, 1.807) is 18.1 Å². The Bertz CT molecular complexity index is 792. The van der Waals surface area contributed by atoms with Gasteiger partial charge in [-0.3, -0.25) is 9.59 Å². The molecule has 136 valence electrons. The van der Waals surface area contributed by atoms with Gasteiger partial charge in [-0.05, 0) is 36.2 Å². The molecule has 26 heavy (non-hydrogen) atoms. The van der Waals surface area contributed by atoms with Crippen molar-refractivity contribution < 1.29 is 18.7 Å². The number of halogens is 1. The van der Waals surface area contributed by atoms with Crippen LogP contribution >= 0.6 is 0 Å². The van der Waals surface area contributed by atoms with Crippen molar-refractivity contribution in [3.63, 3.8) is 0 Å². The molecular weight excluding hydrogens is 335 g/mol. The summed E-state index contributed by atoms with van der Waals surface area (Å²) in [4.78, 5) is 26.1. The maximum atomic E-state index is 13.7. The zero-order valence-corrected chi connectivity index (χ0v) is 14.6. The molecular formula is C20H21FN2O3. The lowest BCUT2D eigenvalue weighted by molar-refractivity contribution is -0.127. The molecule has 1 aliphatic heterocycles. The van der Waals surface area contributed by atoms with Crippen LogP contribution in [0.4, 0.5) is 4.39 Å². The molecule has 6 heteroatoms. The summed E-state index contributed by atoms with van der Waals surface area (Å²) in [5.41, 5.74) is 1.11. The van der Waals surface area contributed by atoms with Crippen molar-refractivity contribution in [1.82, 2.24) is 10.2 Å². The van der Waals surface area contributed by atoms with E-state index in [0.29, 0.717) is 13.1 Å². The number of hydrogen-bond acceptors (Lipinski definition) is 3. The fourth-order valence-corrected chi connectivity index (χ4v) is 3.05. The van der Waals surface area contributed by atoms with E-state index in [9.17, 15) is 14.0 Å². The molecule has 3 rings (SSSR count). The number of hydrogen-bond donors (Lipinski definition) is 1. The molecule has 1 atom stereocenters. The van der Waals surface area contributed by atoms with Crippen LogP contribution < -0.4 is 10.1 Å². The second-order valence-corrected chi connectivity index (χ2v) is 6.29. The quantitative estimate of drug-likeness (QED) is 0.865. The van der Waals surface area contributed by atoms with Gasteiger partial charge in [0.05, 0.1) is 18.7 Å². The Hall–Kier alpha value is -2.89. The highest BCUT2D eigenvalue weighted by molar-refractivity contribution is 5.95. The van der Waals surface area contributed by atoms with E-state index in [0.717, 1.165) is 17.7 Å². The molecule has 1 aliphatic rings. The first kappa shape index (κ1) is 17.9. The number of nitrogens with zero attached hydrogens (tertiary/aromatic N) is 1. The van der Waals surface area contributed by atoms with E-state index < -0.39 is 11.7 Å². The maximum absolute atomic E-state index is 13.7. The first-order valence-corrected chi connectivity index (χ1v) is 8.53. The number of carbonyl (C=O) groups is 2. The minimum atomic E-state index is -0.564. The van der Waals surface area contributed by atoms with E-state index in [1.807, 2.05) is 24.3 Å². The Morgan fingerprint density at radius 1 is 1.23 bits per heavy atom. The van der Waals surface area contributed by atoms with Crippen molar-refractivity contribution in [2.75, 3.05) is 20.2 Å². The minimum Gasteiger partial charge on any atom is -0.497 e. The maximum Gasteiger partial charge on any atom is 0.254 e. The van der Waals surface area contributed by atoms with Gasteiger partial charge in [0.15, 0.2) is 0 Å². The minimum absolute atomic E-state index is 0.00246. The molecule has 1 N–H and O–H groups in total. The predicted molar refractivity (Wildman–Crippen MR) is 95.5 cm³/mol. The van der Waals surface area contributed by atoms with Gasteiger partial charge in [-0.25, -0.2) is 4.39 Å². The molecule has 0 saturated carbocycles. The van der Waals surface area contributed by atoms with E-state index in [-0.39, 0.29) is 23.9 Å². The summed E-state index contributed by atoms with van der Waals surface area (Å²) in [6.45, 7) is 1.02. The summed E-state index contributed by atoms with van der Waals surface area (Å²) in [6.07, 6.45) is 0.965. The number of rotatable bonds is 6. The van der Waals surface area contributed by atoms with E-state index >= 15 is 0 Å².